The first-order chi connectivity index (χ1) is 14.6. The molecule has 0 bridgehead atoms. The lowest BCUT2D eigenvalue weighted by atomic mass is 10.3. The van der Waals surface area contributed by atoms with E-state index in [0.29, 0.717) is 38.7 Å². The van der Waals surface area contributed by atoms with Crippen molar-refractivity contribution < 1.29 is 9.47 Å². The molecule has 148 valence electrons. The molecule has 30 heavy (non-hydrogen) atoms. The molecule has 0 N–H and O–H groups in total. The maximum atomic E-state index is 7.14. The standard InChI is InChI=1S/C22H14Cl2N4O2/c1-25-16-9-15(23)10-20(11-16)30-22-12-19(7-8-21(22)24)29-14-17-13-28(27-26-17)18-5-3-2-4-6-18/h2-13H,14H2. The predicted molar refractivity (Wildman–Crippen MR) is 115 cm³/mol. The molecule has 0 atom stereocenters. The Bertz CT molecular complexity index is 1220. The van der Waals surface area contributed by atoms with Crippen LogP contribution in [0.2, 0.25) is 10.0 Å². The third-order valence-corrected chi connectivity index (χ3v) is 4.59. The molecule has 0 aliphatic carbocycles. The Morgan fingerprint density at radius 1 is 0.967 bits per heavy atom. The van der Waals surface area contributed by atoms with Gasteiger partial charge < -0.3 is 9.47 Å². The molecule has 1 heterocycles. The summed E-state index contributed by atoms with van der Waals surface area (Å²) in [6.07, 6.45) is 1.81. The van der Waals surface area contributed by atoms with Gasteiger partial charge in [-0.1, -0.05) is 46.6 Å². The van der Waals surface area contributed by atoms with Gasteiger partial charge in [-0.25, -0.2) is 9.53 Å². The Balaban J connectivity index is 1.47. The van der Waals surface area contributed by atoms with Crippen molar-refractivity contribution in [1.82, 2.24) is 15.0 Å². The van der Waals surface area contributed by atoms with Crippen LogP contribution in [0.25, 0.3) is 10.5 Å². The topological polar surface area (TPSA) is 53.5 Å². The van der Waals surface area contributed by atoms with E-state index in [0.717, 1.165) is 5.69 Å². The largest absolute Gasteiger partial charge is 0.487 e. The van der Waals surface area contributed by atoms with Crippen LogP contribution < -0.4 is 9.47 Å². The molecular weight excluding hydrogens is 423 g/mol. The molecule has 0 saturated heterocycles. The van der Waals surface area contributed by atoms with Crippen molar-refractivity contribution in [2.75, 3.05) is 0 Å². The van der Waals surface area contributed by atoms with Crippen LogP contribution in [-0.2, 0) is 6.61 Å². The third kappa shape index (κ3) is 4.71. The van der Waals surface area contributed by atoms with E-state index in [1.54, 1.807) is 47.3 Å². The zero-order chi connectivity index (χ0) is 20.9. The van der Waals surface area contributed by atoms with Crippen molar-refractivity contribution in [2.24, 2.45) is 0 Å². The molecule has 4 rings (SSSR count). The monoisotopic (exact) mass is 436 g/mol. The van der Waals surface area contributed by atoms with Crippen LogP contribution in [-0.4, -0.2) is 15.0 Å². The molecule has 0 aliphatic rings. The highest BCUT2D eigenvalue weighted by Crippen LogP contribution is 2.35. The van der Waals surface area contributed by atoms with E-state index < -0.39 is 0 Å². The molecule has 0 saturated carbocycles. The van der Waals surface area contributed by atoms with Crippen LogP contribution in [0.4, 0.5) is 5.69 Å². The maximum absolute atomic E-state index is 7.14. The van der Waals surface area contributed by atoms with E-state index in [1.165, 1.54) is 0 Å². The number of halogens is 2. The van der Waals surface area contributed by atoms with Gasteiger partial charge in [0, 0.05) is 11.1 Å². The maximum Gasteiger partial charge on any atom is 0.192 e. The highest BCUT2D eigenvalue weighted by molar-refractivity contribution is 6.32. The first-order valence-electron chi connectivity index (χ1n) is 8.85. The van der Waals surface area contributed by atoms with Gasteiger partial charge in [0.15, 0.2) is 5.69 Å². The minimum Gasteiger partial charge on any atom is -0.487 e. The molecule has 0 fully saturated rings. The fourth-order valence-electron chi connectivity index (χ4n) is 2.68. The molecule has 4 aromatic rings. The van der Waals surface area contributed by atoms with Crippen molar-refractivity contribution in [3.63, 3.8) is 0 Å². The Kier molecular flexibility index (Phi) is 5.84. The summed E-state index contributed by atoms with van der Waals surface area (Å²) in [5.74, 6) is 1.36. The Hall–Kier alpha value is -3.53. The lowest BCUT2D eigenvalue weighted by molar-refractivity contribution is 0.299. The molecule has 0 amide bonds. The molecule has 0 spiro atoms. The van der Waals surface area contributed by atoms with Gasteiger partial charge in [0.2, 0.25) is 0 Å². The molecule has 0 unspecified atom stereocenters. The Labute approximate surface area is 183 Å². The number of nitrogens with zero attached hydrogens (tertiary/aromatic N) is 4. The van der Waals surface area contributed by atoms with Crippen LogP contribution >= 0.6 is 23.2 Å². The van der Waals surface area contributed by atoms with Gasteiger partial charge in [0.1, 0.15) is 29.5 Å². The summed E-state index contributed by atoms with van der Waals surface area (Å²) in [6, 6.07) is 19.5. The van der Waals surface area contributed by atoms with Gasteiger partial charge in [-0.2, -0.15) is 0 Å². The van der Waals surface area contributed by atoms with Crippen LogP contribution in [0.3, 0.4) is 0 Å². The first kappa shape index (κ1) is 19.8. The van der Waals surface area contributed by atoms with Gasteiger partial charge in [-0.15, -0.1) is 5.10 Å². The number of hydrogen-bond donors (Lipinski definition) is 0. The summed E-state index contributed by atoms with van der Waals surface area (Å²) in [5.41, 5.74) is 1.97. The molecule has 0 radical (unpaired) electrons. The minimum atomic E-state index is 0.229. The normalized spacial score (nSPS) is 10.4. The van der Waals surface area contributed by atoms with E-state index in [9.17, 15) is 0 Å². The summed E-state index contributed by atoms with van der Waals surface area (Å²) in [5, 5.41) is 9.06. The van der Waals surface area contributed by atoms with Gasteiger partial charge in [-0.05, 0) is 42.5 Å². The van der Waals surface area contributed by atoms with Crippen molar-refractivity contribution >= 4 is 28.9 Å². The molecule has 1 aromatic heterocycles. The zero-order valence-electron chi connectivity index (χ0n) is 15.5. The number of aromatic nitrogens is 3. The summed E-state index contributed by atoms with van der Waals surface area (Å²) in [4.78, 5) is 3.37. The number of benzene rings is 3. The highest BCUT2D eigenvalue weighted by Gasteiger charge is 2.09. The van der Waals surface area contributed by atoms with Crippen LogP contribution in [0.5, 0.6) is 17.2 Å². The second-order valence-corrected chi connectivity index (χ2v) is 7.07. The highest BCUT2D eigenvalue weighted by atomic mass is 35.5. The number of hydrogen-bond acceptors (Lipinski definition) is 4. The van der Waals surface area contributed by atoms with E-state index in [1.807, 2.05) is 30.3 Å². The molecular formula is C22H14Cl2N4O2. The van der Waals surface area contributed by atoms with E-state index in [-0.39, 0.29) is 6.61 Å². The molecule has 6 nitrogen and oxygen atoms in total. The van der Waals surface area contributed by atoms with Gasteiger partial charge in [0.25, 0.3) is 0 Å². The van der Waals surface area contributed by atoms with E-state index in [2.05, 4.69) is 15.2 Å². The summed E-state index contributed by atoms with van der Waals surface area (Å²) >= 11 is 12.3. The average Bonchev–Trinajstić information content (AvgIpc) is 3.23. The Morgan fingerprint density at radius 3 is 2.60 bits per heavy atom. The molecule has 0 aliphatic heterocycles. The van der Waals surface area contributed by atoms with E-state index >= 15 is 0 Å². The second kappa shape index (κ2) is 8.87. The van der Waals surface area contributed by atoms with Gasteiger partial charge in [-0.3, -0.25) is 0 Å². The smallest absolute Gasteiger partial charge is 0.192 e. The lowest BCUT2D eigenvalue weighted by Crippen LogP contribution is -1.96. The number of ether oxygens (including phenoxy) is 2. The van der Waals surface area contributed by atoms with Gasteiger partial charge in [0.05, 0.1) is 23.5 Å². The average molecular weight is 437 g/mol. The third-order valence-electron chi connectivity index (χ3n) is 4.06. The van der Waals surface area contributed by atoms with Gasteiger partial charge >= 0.3 is 0 Å². The van der Waals surface area contributed by atoms with Crippen LogP contribution in [0.15, 0.2) is 72.9 Å². The minimum absolute atomic E-state index is 0.229. The first-order valence-corrected chi connectivity index (χ1v) is 9.61. The zero-order valence-corrected chi connectivity index (χ0v) is 17.0. The fourth-order valence-corrected chi connectivity index (χ4v) is 3.05. The SMILES string of the molecule is [C-]#[N+]c1cc(Cl)cc(Oc2cc(OCc3cn(-c4ccccc4)nn3)ccc2Cl)c1. The second-order valence-electron chi connectivity index (χ2n) is 6.23. The number of para-hydroxylation sites is 1. The predicted octanol–water partition coefficient (Wildman–Crippen LogP) is 6.50. The fraction of sp³-hybridized carbons (Fsp3) is 0.0455. The van der Waals surface area contributed by atoms with Crippen LogP contribution in [0.1, 0.15) is 5.69 Å². The summed E-state index contributed by atoms with van der Waals surface area (Å²) in [7, 11) is 0. The van der Waals surface area contributed by atoms with Crippen molar-refractivity contribution in [1.29, 1.82) is 0 Å². The van der Waals surface area contributed by atoms with Crippen molar-refractivity contribution in [3.8, 4) is 22.9 Å². The molecule has 8 heteroatoms. The Morgan fingerprint density at radius 2 is 1.80 bits per heavy atom. The quantitative estimate of drug-likeness (QED) is 0.323. The summed E-state index contributed by atoms with van der Waals surface area (Å²) < 4.78 is 13.3. The molecule has 3 aromatic carbocycles. The van der Waals surface area contributed by atoms with Crippen molar-refractivity contribution in [2.45, 2.75) is 6.61 Å². The van der Waals surface area contributed by atoms with Crippen LogP contribution in [0, 0.1) is 6.57 Å². The number of rotatable bonds is 6. The summed E-state index contributed by atoms with van der Waals surface area (Å²) in [6.45, 7) is 7.37. The lowest BCUT2D eigenvalue weighted by Gasteiger charge is -2.11. The van der Waals surface area contributed by atoms with Crippen molar-refractivity contribution in [3.05, 3.63) is 100 Å². The van der Waals surface area contributed by atoms with E-state index in [4.69, 9.17) is 39.2 Å².